The molecule has 9 heteroatoms. The number of nitrogens with one attached hydrogen (secondary N) is 2. The van der Waals surface area contributed by atoms with Gasteiger partial charge in [-0.3, -0.25) is 14.4 Å². The Labute approximate surface area is 140 Å². The van der Waals surface area contributed by atoms with E-state index in [-0.39, 0.29) is 24.7 Å². The van der Waals surface area contributed by atoms with Gasteiger partial charge in [0.25, 0.3) is 5.91 Å². The Morgan fingerprint density at radius 1 is 1.26 bits per heavy atom. The summed E-state index contributed by atoms with van der Waals surface area (Å²) in [5, 5.41) is 11.1. The van der Waals surface area contributed by atoms with Crippen molar-refractivity contribution in [2.45, 2.75) is 19.3 Å². The van der Waals surface area contributed by atoms with E-state index in [4.69, 9.17) is 5.73 Å². The maximum atomic E-state index is 11.8. The molecule has 7 nitrogen and oxygen atoms in total. The molecule has 0 unspecified atom stereocenters. The molecule has 0 aliphatic carbocycles. The number of thiophene rings is 1. The second-order valence-corrected chi connectivity index (χ2v) is 6.34. The van der Waals surface area contributed by atoms with Gasteiger partial charge in [0.1, 0.15) is 0 Å². The molecule has 3 amide bonds. The largest absolute Gasteiger partial charge is 0.369 e. The van der Waals surface area contributed by atoms with Gasteiger partial charge < -0.3 is 16.4 Å². The summed E-state index contributed by atoms with van der Waals surface area (Å²) in [5.74, 6) is -0.785. The predicted molar refractivity (Wildman–Crippen MR) is 89.5 cm³/mol. The highest BCUT2D eigenvalue weighted by Gasteiger charge is 2.09. The van der Waals surface area contributed by atoms with Crippen LogP contribution >= 0.6 is 22.7 Å². The quantitative estimate of drug-likeness (QED) is 0.623. The molecule has 2 aromatic heterocycles. The van der Waals surface area contributed by atoms with Gasteiger partial charge in [0.05, 0.1) is 12.1 Å². The van der Waals surface area contributed by atoms with Crippen LogP contribution < -0.4 is 16.4 Å². The average molecular weight is 352 g/mol. The number of carbonyl (C=O) groups is 3. The fourth-order valence-corrected chi connectivity index (χ4v) is 3.11. The number of hydrogen-bond acceptors (Lipinski definition) is 6. The maximum Gasteiger partial charge on any atom is 0.252 e. The van der Waals surface area contributed by atoms with Crippen molar-refractivity contribution in [2.75, 3.05) is 11.9 Å². The van der Waals surface area contributed by atoms with E-state index in [1.54, 1.807) is 16.8 Å². The lowest BCUT2D eigenvalue weighted by Crippen LogP contribution is -2.25. The topological polar surface area (TPSA) is 114 Å². The van der Waals surface area contributed by atoms with Crippen molar-refractivity contribution in [3.8, 4) is 0 Å². The molecule has 2 aromatic rings. The van der Waals surface area contributed by atoms with Crippen molar-refractivity contribution in [2.24, 2.45) is 5.73 Å². The van der Waals surface area contributed by atoms with E-state index in [0.717, 1.165) is 0 Å². The van der Waals surface area contributed by atoms with Gasteiger partial charge in [-0.05, 0) is 17.9 Å². The highest BCUT2D eigenvalue weighted by Crippen LogP contribution is 2.16. The molecule has 23 heavy (non-hydrogen) atoms. The van der Waals surface area contributed by atoms with Gasteiger partial charge in [-0.25, -0.2) is 4.98 Å². The van der Waals surface area contributed by atoms with Gasteiger partial charge in [0.15, 0.2) is 5.13 Å². The fourth-order valence-electron chi connectivity index (χ4n) is 1.75. The molecule has 0 radical (unpaired) electrons. The van der Waals surface area contributed by atoms with E-state index in [0.29, 0.717) is 29.4 Å². The zero-order valence-electron chi connectivity index (χ0n) is 12.2. The molecular formula is C14H16N4O3S2. The van der Waals surface area contributed by atoms with E-state index in [1.165, 1.54) is 22.7 Å². The molecule has 0 saturated carbocycles. The highest BCUT2D eigenvalue weighted by atomic mass is 32.1. The van der Waals surface area contributed by atoms with Crippen LogP contribution in [0, 0.1) is 0 Å². The van der Waals surface area contributed by atoms with Crippen LogP contribution in [0.1, 0.15) is 28.9 Å². The minimum atomic E-state index is -0.463. The molecule has 0 aliphatic heterocycles. The standard InChI is InChI=1S/C14H16N4O3S2/c15-11(19)6-10-8-23-14(17-10)18-12(20)2-1-4-16-13(21)9-3-5-22-7-9/h3,5,7-8H,1-2,4,6H2,(H2,15,19)(H,16,21)(H,17,18,20). The second kappa shape index (κ2) is 8.39. The Morgan fingerprint density at radius 2 is 2.09 bits per heavy atom. The zero-order valence-corrected chi connectivity index (χ0v) is 13.8. The van der Waals surface area contributed by atoms with Crippen molar-refractivity contribution in [1.29, 1.82) is 0 Å². The normalized spacial score (nSPS) is 10.3. The molecule has 0 aliphatic rings. The van der Waals surface area contributed by atoms with Crippen molar-refractivity contribution in [3.05, 3.63) is 33.5 Å². The lowest BCUT2D eigenvalue weighted by molar-refractivity contribution is -0.117. The first kappa shape index (κ1) is 17.1. The fraction of sp³-hybridized carbons (Fsp3) is 0.286. The lowest BCUT2D eigenvalue weighted by atomic mass is 10.2. The number of anilines is 1. The van der Waals surface area contributed by atoms with Crippen LogP contribution in [0.5, 0.6) is 0 Å². The monoisotopic (exact) mass is 352 g/mol. The van der Waals surface area contributed by atoms with Gasteiger partial charge in [-0.15, -0.1) is 11.3 Å². The Kier molecular flexibility index (Phi) is 6.24. The number of rotatable bonds is 8. The van der Waals surface area contributed by atoms with Crippen molar-refractivity contribution >= 4 is 45.5 Å². The van der Waals surface area contributed by atoms with Gasteiger partial charge >= 0.3 is 0 Å². The number of primary amides is 1. The molecule has 122 valence electrons. The summed E-state index contributed by atoms with van der Waals surface area (Å²) in [5.41, 5.74) is 6.25. The summed E-state index contributed by atoms with van der Waals surface area (Å²) in [6.07, 6.45) is 0.858. The first-order valence-corrected chi connectivity index (χ1v) is 8.70. The van der Waals surface area contributed by atoms with E-state index in [1.807, 2.05) is 5.38 Å². The molecule has 0 bridgehead atoms. The van der Waals surface area contributed by atoms with Crippen molar-refractivity contribution < 1.29 is 14.4 Å². The zero-order chi connectivity index (χ0) is 16.7. The molecule has 2 rings (SSSR count). The van der Waals surface area contributed by atoms with Crippen molar-refractivity contribution in [3.63, 3.8) is 0 Å². The summed E-state index contributed by atoms with van der Waals surface area (Å²) in [7, 11) is 0. The van der Waals surface area contributed by atoms with Crippen LogP contribution in [0.2, 0.25) is 0 Å². The number of hydrogen-bond donors (Lipinski definition) is 3. The van der Waals surface area contributed by atoms with Crippen LogP contribution in [0.4, 0.5) is 5.13 Å². The Morgan fingerprint density at radius 3 is 2.78 bits per heavy atom. The maximum absolute atomic E-state index is 11.8. The van der Waals surface area contributed by atoms with E-state index in [9.17, 15) is 14.4 Å². The second-order valence-electron chi connectivity index (χ2n) is 4.71. The van der Waals surface area contributed by atoms with E-state index < -0.39 is 5.91 Å². The van der Waals surface area contributed by atoms with Gasteiger partial charge in [-0.2, -0.15) is 11.3 Å². The number of amides is 3. The smallest absolute Gasteiger partial charge is 0.252 e. The van der Waals surface area contributed by atoms with Gasteiger partial charge in [0.2, 0.25) is 11.8 Å². The molecule has 0 fully saturated rings. The lowest BCUT2D eigenvalue weighted by Gasteiger charge is -2.04. The molecule has 4 N–H and O–H groups in total. The predicted octanol–water partition coefficient (Wildman–Crippen LogP) is 1.38. The van der Waals surface area contributed by atoms with Crippen LogP contribution in [0.25, 0.3) is 0 Å². The minimum Gasteiger partial charge on any atom is -0.369 e. The summed E-state index contributed by atoms with van der Waals surface area (Å²) in [6.45, 7) is 0.424. The number of thiazole rings is 1. The van der Waals surface area contributed by atoms with E-state index in [2.05, 4.69) is 15.6 Å². The number of nitrogens with two attached hydrogens (primary N) is 1. The first-order chi connectivity index (χ1) is 11.0. The van der Waals surface area contributed by atoms with Crippen LogP contribution in [0.15, 0.2) is 22.2 Å². The third kappa shape index (κ3) is 5.80. The Balaban J connectivity index is 1.66. The van der Waals surface area contributed by atoms with Crippen LogP contribution in [0.3, 0.4) is 0 Å². The Hall–Kier alpha value is -2.26. The molecule has 0 saturated heterocycles. The van der Waals surface area contributed by atoms with Gasteiger partial charge in [0, 0.05) is 29.3 Å². The summed E-state index contributed by atoms with van der Waals surface area (Å²) in [6, 6.07) is 1.75. The number of nitrogens with zero attached hydrogens (tertiary/aromatic N) is 1. The SMILES string of the molecule is NC(=O)Cc1csc(NC(=O)CCCNC(=O)c2ccsc2)n1. The molecule has 0 atom stereocenters. The van der Waals surface area contributed by atoms with Crippen molar-refractivity contribution in [1.82, 2.24) is 10.3 Å². The third-order valence-electron chi connectivity index (χ3n) is 2.80. The van der Waals surface area contributed by atoms with Gasteiger partial charge in [-0.1, -0.05) is 0 Å². The number of aromatic nitrogens is 1. The molecule has 0 aromatic carbocycles. The third-order valence-corrected chi connectivity index (χ3v) is 4.29. The summed E-state index contributed by atoms with van der Waals surface area (Å²) in [4.78, 5) is 38.3. The molecule has 2 heterocycles. The molecular weight excluding hydrogens is 336 g/mol. The first-order valence-electron chi connectivity index (χ1n) is 6.87. The minimum absolute atomic E-state index is 0.0565. The Bertz CT molecular complexity index is 682. The number of carbonyl (C=O) groups excluding carboxylic acids is 3. The highest BCUT2D eigenvalue weighted by molar-refractivity contribution is 7.14. The van der Waals surface area contributed by atoms with E-state index >= 15 is 0 Å². The summed E-state index contributed by atoms with van der Waals surface area (Å²) < 4.78 is 0. The average Bonchev–Trinajstić information content (AvgIpc) is 3.14. The molecule has 0 spiro atoms. The van der Waals surface area contributed by atoms with Crippen LogP contribution in [-0.2, 0) is 16.0 Å². The summed E-state index contributed by atoms with van der Waals surface area (Å²) >= 11 is 2.70. The van der Waals surface area contributed by atoms with Crippen LogP contribution in [-0.4, -0.2) is 29.3 Å².